The zero-order chi connectivity index (χ0) is 15.1. The lowest BCUT2D eigenvalue weighted by Crippen LogP contribution is -2.59. The first-order valence-electron chi connectivity index (χ1n) is 8.07. The number of aromatic amines is 1. The lowest BCUT2D eigenvalue weighted by Gasteiger charge is -2.59. The van der Waals surface area contributed by atoms with E-state index in [2.05, 4.69) is 34.9 Å². The van der Waals surface area contributed by atoms with Crippen molar-refractivity contribution in [2.75, 3.05) is 20.1 Å². The van der Waals surface area contributed by atoms with Crippen LogP contribution in [0, 0.1) is 11.3 Å². The average molecular weight is 297 g/mol. The van der Waals surface area contributed by atoms with Crippen LogP contribution in [0.2, 0.25) is 0 Å². The van der Waals surface area contributed by atoms with E-state index < -0.39 is 7.12 Å². The van der Waals surface area contributed by atoms with Crippen LogP contribution in [-0.2, 0) is 10.3 Å². The molecule has 0 amide bonds. The van der Waals surface area contributed by atoms with Crippen LogP contribution in [0.25, 0.3) is 11.0 Å². The fraction of sp³-hybridized carbons (Fsp3) is 0.562. The molecule has 1 saturated carbocycles. The summed E-state index contributed by atoms with van der Waals surface area (Å²) in [5.41, 5.74) is 2.89. The van der Waals surface area contributed by atoms with Gasteiger partial charge in [0.2, 0.25) is 0 Å². The zero-order valence-corrected chi connectivity index (χ0v) is 13.0. The Bertz CT molecular complexity index is 778. The Kier molecular flexibility index (Phi) is 2.34. The van der Waals surface area contributed by atoms with Gasteiger partial charge in [-0.25, -0.2) is 4.98 Å². The third-order valence-electron chi connectivity index (χ3n) is 6.44. The molecule has 5 nitrogen and oxygen atoms in total. The summed E-state index contributed by atoms with van der Waals surface area (Å²) in [6.07, 6.45) is 5.91. The van der Waals surface area contributed by atoms with Gasteiger partial charge in [0.15, 0.2) is 0 Å². The van der Waals surface area contributed by atoms with Crippen molar-refractivity contribution in [1.29, 1.82) is 0 Å². The van der Waals surface area contributed by atoms with Crippen LogP contribution in [0.4, 0.5) is 0 Å². The number of rotatable bonds is 0. The molecule has 0 radical (unpaired) electrons. The van der Waals surface area contributed by atoms with Gasteiger partial charge < -0.3 is 19.6 Å². The topological polar surface area (TPSA) is 61.4 Å². The molecule has 114 valence electrons. The lowest BCUT2D eigenvalue weighted by atomic mass is 9.49. The fourth-order valence-electron chi connectivity index (χ4n) is 5.25. The van der Waals surface area contributed by atoms with Crippen LogP contribution in [-0.4, -0.2) is 47.1 Å². The summed E-state index contributed by atoms with van der Waals surface area (Å²) in [4.78, 5) is 10.00. The monoisotopic (exact) mass is 297 g/mol. The van der Waals surface area contributed by atoms with Gasteiger partial charge in [-0.05, 0) is 49.4 Å². The normalized spacial score (nSPS) is 37.4. The summed E-state index contributed by atoms with van der Waals surface area (Å²) in [6.45, 7) is 4.58. The molecule has 2 spiro atoms. The minimum Gasteiger partial charge on any atom is -0.423 e. The van der Waals surface area contributed by atoms with Crippen LogP contribution in [0.1, 0.15) is 25.3 Å². The van der Waals surface area contributed by atoms with Crippen molar-refractivity contribution in [1.82, 2.24) is 14.9 Å². The van der Waals surface area contributed by atoms with Crippen molar-refractivity contribution in [2.24, 2.45) is 11.3 Å². The van der Waals surface area contributed by atoms with Gasteiger partial charge in [0.25, 0.3) is 0 Å². The highest BCUT2D eigenvalue weighted by Crippen LogP contribution is 2.65. The van der Waals surface area contributed by atoms with Gasteiger partial charge >= 0.3 is 7.12 Å². The van der Waals surface area contributed by atoms with Crippen molar-refractivity contribution in [2.45, 2.75) is 25.4 Å². The van der Waals surface area contributed by atoms with Crippen LogP contribution in [0.5, 0.6) is 0 Å². The summed E-state index contributed by atoms with van der Waals surface area (Å²) >= 11 is 0. The SMILES string of the molecule is CC1C2(CCN(C)C2)CC12OB(O)c1cnc3[nH]ccc3c12. The number of aromatic nitrogens is 2. The first-order chi connectivity index (χ1) is 10.6. The maximum absolute atomic E-state index is 10.4. The third-order valence-corrected chi connectivity index (χ3v) is 6.44. The maximum atomic E-state index is 10.4. The Morgan fingerprint density at radius 1 is 1.55 bits per heavy atom. The van der Waals surface area contributed by atoms with Crippen molar-refractivity contribution in [3.8, 4) is 0 Å². The first-order valence-corrected chi connectivity index (χ1v) is 8.07. The molecule has 0 aromatic carbocycles. The minimum atomic E-state index is -0.847. The van der Waals surface area contributed by atoms with Crippen molar-refractivity contribution < 1.29 is 9.68 Å². The predicted molar refractivity (Wildman–Crippen MR) is 84.8 cm³/mol. The highest BCUT2D eigenvalue weighted by molar-refractivity contribution is 6.62. The van der Waals surface area contributed by atoms with Crippen LogP contribution < -0.4 is 5.46 Å². The number of nitrogens with one attached hydrogen (secondary N) is 1. The average Bonchev–Trinajstić information content (AvgIpc) is 3.18. The van der Waals surface area contributed by atoms with E-state index >= 15 is 0 Å². The lowest BCUT2D eigenvalue weighted by molar-refractivity contribution is -0.171. The standard InChI is InChI=1S/C16H20BN3O2/c1-10-15(4-6-20(2)9-15)8-16(10)13-11-3-5-18-14(11)19-7-12(13)17(21)22-16/h3,5,7,10,21H,4,6,8-9H2,1-2H3,(H,18,19). The van der Waals surface area contributed by atoms with Crippen molar-refractivity contribution >= 4 is 23.6 Å². The molecule has 2 fully saturated rings. The second-order valence-corrected chi connectivity index (χ2v) is 7.44. The number of fused-ring (bicyclic) bond motifs is 4. The Labute approximate surface area is 129 Å². The Morgan fingerprint density at radius 2 is 2.41 bits per heavy atom. The van der Waals surface area contributed by atoms with Crippen LogP contribution >= 0.6 is 0 Å². The van der Waals surface area contributed by atoms with E-state index in [-0.39, 0.29) is 5.60 Å². The van der Waals surface area contributed by atoms with Gasteiger partial charge in [0.05, 0.1) is 5.60 Å². The Balaban J connectivity index is 1.66. The number of H-pyrrole nitrogens is 1. The molecular formula is C16H20BN3O2. The Morgan fingerprint density at radius 3 is 3.14 bits per heavy atom. The molecule has 2 aliphatic heterocycles. The zero-order valence-electron chi connectivity index (χ0n) is 13.0. The van der Waals surface area contributed by atoms with Gasteiger partial charge in [0.1, 0.15) is 5.65 Å². The van der Waals surface area contributed by atoms with E-state index in [1.54, 1.807) is 6.20 Å². The van der Waals surface area contributed by atoms with E-state index in [9.17, 15) is 5.02 Å². The summed E-state index contributed by atoms with van der Waals surface area (Å²) in [6, 6.07) is 2.06. The molecule has 3 aliphatic rings. The number of likely N-dealkylation sites (tertiary alicyclic amines) is 1. The predicted octanol–water partition coefficient (Wildman–Crippen LogP) is 0.838. The fourth-order valence-corrected chi connectivity index (χ4v) is 5.25. The van der Waals surface area contributed by atoms with Crippen LogP contribution in [0.3, 0.4) is 0 Å². The summed E-state index contributed by atoms with van der Waals surface area (Å²) < 4.78 is 6.15. The van der Waals surface area contributed by atoms with Crippen LogP contribution in [0.15, 0.2) is 18.5 Å². The molecule has 2 N–H and O–H groups in total. The molecule has 1 aliphatic carbocycles. The van der Waals surface area contributed by atoms with E-state index in [4.69, 9.17) is 4.65 Å². The second-order valence-electron chi connectivity index (χ2n) is 7.44. The highest BCUT2D eigenvalue weighted by Gasteiger charge is 2.68. The molecule has 22 heavy (non-hydrogen) atoms. The summed E-state index contributed by atoms with van der Waals surface area (Å²) in [7, 11) is 1.35. The number of pyridine rings is 1. The van der Waals surface area contributed by atoms with Gasteiger partial charge in [-0.3, -0.25) is 0 Å². The molecule has 3 unspecified atom stereocenters. The van der Waals surface area contributed by atoms with Gasteiger partial charge in [0, 0.05) is 29.8 Å². The molecule has 1 saturated heterocycles. The molecule has 6 heteroatoms. The minimum absolute atomic E-state index is 0.335. The van der Waals surface area contributed by atoms with E-state index in [1.807, 2.05) is 6.20 Å². The van der Waals surface area contributed by atoms with Crippen molar-refractivity contribution in [3.05, 3.63) is 24.0 Å². The van der Waals surface area contributed by atoms with E-state index in [0.29, 0.717) is 11.3 Å². The maximum Gasteiger partial charge on any atom is 0.493 e. The summed E-state index contributed by atoms with van der Waals surface area (Å²) in [5.74, 6) is 0.404. The number of hydrogen-bond acceptors (Lipinski definition) is 4. The molecule has 3 atom stereocenters. The first kappa shape index (κ1) is 13.1. The van der Waals surface area contributed by atoms with Gasteiger partial charge in [-0.1, -0.05) is 6.92 Å². The molecule has 4 heterocycles. The molecule has 5 rings (SSSR count). The number of nitrogens with zero attached hydrogens (tertiary/aromatic N) is 2. The quantitative estimate of drug-likeness (QED) is 0.707. The highest BCUT2D eigenvalue weighted by atomic mass is 16.5. The Hall–Kier alpha value is -1.37. The van der Waals surface area contributed by atoms with E-state index in [0.717, 1.165) is 36.0 Å². The number of hydrogen-bond donors (Lipinski definition) is 2. The summed E-state index contributed by atoms with van der Waals surface area (Å²) in [5, 5.41) is 11.5. The molecule has 2 aromatic heterocycles. The molecule has 0 bridgehead atoms. The molecule has 2 aromatic rings. The second kappa shape index (κ2) is 3.93. The smallest absolute Gasteiger partial charge is 0.423 e. The largest absolute Gasteiger partial charge is 0.493 e. The molecular weight excluding hydrogens is 277 g/mol. The van der Waals surface area contributed by atoms with Gasteiger partial charge in [-0.15, -0.1) is 0 Å². The van der Waals surface area contributed by atoms with Gasteiger partial charge in [-0.2, -0.15) is 0 Å². The van der Waals surface area contributed by atoms with Crippen molar-refractivity contribution in [3.63, 3.8) is 0 Å². The third kappa shape index (κ3) is 1.35. The van der Waals surface area contributed by atoms with E-state index in [1.165, 1.54) is 12.0 Å².